The predicted octanol–water partition coefficient (Wildman–Crippen LogP) is 1.70. The second-order valence-corrected chi connectivity index (χ2v) is 7.46. The van der Waals surface area contributed by atoms with Crippen molar-refractivity contribution < 1.29 is 28.6 Å². The molecular formula is C18H18O6. The lowest BCUT2D eigenvalue weighted by atomic mass is 9.73. The van der Waals surface area contributed by atoms with Gasteiger partial charge in [-0.1, -0.05) is 24.3 Å². The number of ketones is 2. The number of rotatable bonds is 2. The van der Waals surface area contributed by atoms with Crippen LogP contribution in [0, 0.1) is 0 Å². The van der Waals surface area contributed by atoms with E-state index in [1.54, 1.807) is 45.0 Å². The third-order valence-corrected chi connectivity index (χ3v) is 4.73. The van der Waals surface area contributed by atoms with Gasteiger partial charge in [-0.3, -0.25) is 14.4 Å². The third kappa shape index (κ3) is 1.81. The highest BCUT2D eigenvalue weighted by Gasteiger charge is 2.87. The number of hydrogen-bond donors (Lipinski definition) is 0. The van der Waals surface area contributed by atoms with E-state index in [0.29, 0.717) is 11.1 Å². The maximum absolute atomic E-state index is 13.0. The number of Topliss-reactive ketones (excluding diaryl/α,β-unsaturated/α-hetero) is 2. The molecule has 0 spiro atoms. The van der Waals surface area contributed by atoms with Crippen LogP contribution in [0.2, 0.25) is 0 Å². The van der Waals surface area contributed by atoms with Gasteiger partial charge in [-0.05, 0) is 20.8 Å². The van der Waals surface area contributed by atoms with Crippen LogP contribution >= 0.6 is 0 Å². The molecule has 4 rings (SSSR count). The van der Waals surface area contributed by atoms with Crippen LogP contribution in [0.5, 0.6) is 0 Å². The summed E-state index contributed by atoms with van der Waals surface area (Å²) in [6.45, 7) is 5.28. The molecule has 0 saturated carbocycles. The lowest BCUT2D eigenvalue weighted by Crippen LogP contribution is -2.48. The van der Waals surface area contributed by atoms with Gasteiger partial charge < -0.3 is 14.2 Å². The average molecular weight is 330 g/mol. The van der Waals surface area contributed by atoms with Gasteiger partial charge in [-0.25, -0.2) is 0 Å². The van der Waals surface area contributed by atoms with E-state index in [9.17, 15) is 14.4 Å². The highest BCUT2D eigenvalue weighted by molar-refractivity contribution is 6.26. The molecule has 0 amide bonds. The number of carbonyl (C=O) groups excluding carboxylic acids is 3. The Morgan fingerprint density at radius 3 is 2.46 bits per heavy atom. The van der Waals surface area contributed by atoms with Crippen LogP contribution in [-0.4, -0.2) is 47.0 Å². The number of fused-ring (bicyclic) bond motifs is 1. The Hall–Kier alpha value is -2.05. The smallest absolute Gasteiger partial charge is 0.309 e. The van der Waals surface area contributed by atoms with Gasteiger partial charge >= 0.3 is 5.97 Å². The van der Waals surface area contributed by atoms with E-state index in [1.807, 2.05) is 0 Å². The highest BCUT2D eigenvalue weighted by atomic mass is 16.7. The van der Waals surface area contributed by atoms with Crippen LogP contribution in [0.15, 0.2) is 24.3 Å². The normalized spacial score (nSPS) is 33.5. The molecule has 126 valence electrons. The van der Waals surface area contributed by atoms with E-state index in [2.05, 4.69) is 0 Å². The molecule has 24 heavy (non-hydrogen) atoms. The Morgan fingerprint density at radius 1 is 1.21 bits per heavy atom. The van der Waals surface area contributed by atoms with Gasteiger partial charge in [0.05, 0.1) is 13.0 Å². The third-order valence-electron chi connectivity index (χ3n) is 4.73. The molecule has 2 heterocycles. The topological polar surface area (TPSA) is 82.2 Å². The van der Waals surface area contributed by atoms with Gasteiger partial charge in [0, 0.05) is 11.1 Å². The van der Waals surface area contributed by atoms with Crippen LogP contribution in [-0.2, 0) is 19.0 Å². The standard InChI is InChI=1S/C18H18O6/c1-16(2,3)23-13(19)8-12-18-15(21)11-7-5-4-6-10(11)14(20)17(18,24-18)9-22-12/h4-7,12H,8-9H2,1-3H3/t12-,17+,18-/m1/s1. The summed E-state index contributed by atoms with van der Waals surface area (Å²) < 4.78 is 16.6. The van der Waals surface area contributed by atoms with Gasteiger partial charge in [-0.15, -0.1) is 0 Å². The Balaban J connectivity index is 1.66. The first-order valence-electron chi connectivity index (χ1n) is 7.93. The summed E-state index contributed by atoms with van der Waals surface area (Å²) in [5.41, 5.74) is -2.60. The molecule has 2 fully saturated rings. The summed E-state index contributed by atoms with van der Waals surface area (Å²) in [6, 6.07) is 6.65. The van der Waals surface area contributed by atoms with E-state index < -0.39 is 28.9 Å². The van der Waals surface area contributed by atoms with Crippen LogP contribution in [0.3, 0.4) is 0 Å². The molecule has 0 N–H and O–H groups in total. The van der Waals surface area contributed by atoms with Crippen molar-refractivity contribution in [2.24, 2.45) is 0 Å². The molecule has 6 heteroatoms. The largest absolute Gasteiger partial charge is 0.460 e. The minimum Gasteiger partial charge on any atom is -0.460 e. The fourth-order valence-electron chi connectivity index (χ4n) is 3.74. The van der Waals surface area contributed by atoms with Crippen LogP contribution in [0.4, 0.5) is 0 Å². The van der Waals surface area contributed by atoms with Crippen molar-refractivity contribution in [3.8, 4) is 0 Å². The van der Waals surface area contributed by atoms with Gasteiger partial charge in [0.25, 0.3) is 0 Å². The van der Waals surface area contributed by atoms with Gasteiger partial charge in [0.2, 0.25) is 11.6 Å². The van der Waals surface area contributed by atoms with Gasteiger partial charge in [-0.2, -0.15) is 0 Å². The molecule has 0 aromatic heterocycles. The molecule has 3 atom stereocenters. The highest BCUT2D eigenvalue weighted by Crippen LogP contribution is 2.62. The summed E-state index contributed by atoms with van der Waals surface area (Å²) in [6.07, 6.45) is -0.933. The van der Waals surface area contributed by atoms with Crippen molar-refractivity contribution in [1.82, 2.24) is 0 Å². The Kier molecular flexibility index (Phi) is 2.91. The van der Waals surface area contributed by atoms with Crippen molar-refractivity contribution in [3.05, 3.63) is 35.4 Å². The maximum atomic E-state index is 13.0. The number of benzene rings is 1. The number of carbonyl (C=O) groups is 3. The molecule has 1 aliphatic carbocycles. The quantitative estimate of drug-likeness (QED) is 0.606. The SMILES string of the molecule is CC(C)(C)OC(=O)C[C@H]1OC[C@@]23O[C@@]12C(=O)c1ccccc1C3=O. The molecule has 0 unspecified atom stereocenters. The van der Waals surface area contributed by atoms with Crippen molar-refractivity contribution in [2.45, 2.75) is 50.1 Å². The number of esters is 1. The van der Waals surface area contributed by atoms with E-state index in [-0.39, 0.29) is 24.6 Å². The van der Waals surface area contributed by atoms with E-state index in [1.165, 1.54) is 0 Å². The number of hydrogen-bond acceptors (Lipinski definition) is 6. The summed E-state index contributed by atoms with van der Waals surface area (Å²) >= 11 is 0. The van der Waals surface area contributed by atoms with E-state index >= 15 is 0 Å². The summed E-state index contributed by atoms with van der Waals surface area (Å²) in [5, 5.41) is 0. The number of ether oxygens (including phenoxy) is 3. The zero-order valence-corrected chi connectivity index (χ0v) is 13.8. The van der Waals surface area contributed by atoms with Crippen molar-refractivity contribution in [1.29, 1.82) is 0 Å². The molecule has 1 aromatic carbocycles. The van der Waals surface area contributed by atoms with Gasteiger partial charge in [0.1, 0.15) is 11.7 Å². The minimum atomic E-state index is -1.38. The molecular weight excluding hydrogens is 312 g/mol. The molecule has 6 nitrogen and oxygen atoms in total. The first kappa shape index (κ1) is 15.5. The lowest BCUT2D eigenvalue weighted by molar-refractivity contribution is -0.158. The summed E-state index contributed by atoms with van der Waals surface area (Å²) in [4.78, 5) is 37.9. The Labute approximate surface area is 139 Å². The number of epoxide rings is 1. The first-order chi connectivity index (χ1) is 11.2. The molecule has 1 aromatic rings. The lowest BCUT2D eigenvalue weighted by Gasteiger charge is -2.24. The van der Waals surface area contributed by atoms with Crippen molar-refractivity contribution in [3.63, 3.8) is 0 Å². The van der Waals surface area contributed by atoms with Gasteiger partial charge in [0.15, 0.2) is 11.2 Å². The van der Waals surface area contributed by atoms with Crippen molar-refractivity contribution >= 4 is 17.5 Å². The van der Waals surface area contributed by atoms with Crippen LogP contribution < -0.4 is 0 Å². The molecule has 0 bridgehead atoms. The first-order valence-corrected chi connectivity index (χ1v) is 7.93. The van der Waals surface area contributed by atoms with E-state index in [4.69, 9.17) is 14.2 Å². The van der Waals surface area contributed by atoms with Crippen LogP contribution in [0.25, 0.3) is 0 Å². The predicted molar refractivity (Wildman–Crippen MR) is 81.9 cm³/mol. The second kappa shape index (κ2) is 4.52. The molecule has 0 radical (unpaired) electrons. The summed E-state index contributed by atoms with van der Waals surface area (Å²) in [5.74, 6) is -1.01. The zero-order valence-electron chi connectivity index (χ0n) is 13.8. The maximum Gasteiger partial charge on any atom is 0.309 e. The summed E-state index contributed by atoms with van der Waals surface area (Å²) in [7, 11) is 0. The minimum absolute atomic E-state index is 0.0145. The monoisotopic (exact) mass is 330 g/mol. The average Bonchev–Trinajstić information content (AvgIpc) is 3.11. The van der Waals surface area contributed by atoms with E-state index in [0.717, 1.165) is 0 Å². The Bertz CT molecular complexity index is 776. The molecule has 2 aliphatic heterocycles. The zero-order chi connectivity index (χ0) is 17.3. The van der Waals surface area contributed by atoms with Crippen LogP contribution in [0.1, 0.15) is 47.9 Å². The fourth-order valence-corrected chi connectivity index (χ4v) is 3.74. The Morgan fingerprint density at radius 2 is 1.83 bits per heavy atom. The van der Waals surface area contributed by atoms with Crippen molar-refractivity contribution in [2.75, 3.05) is 6.61 Å². The fraction of sp³-hybridized carbons (Fsp3) is 0.500. The second-order valence-electron chi connectivity index (χ2n) is 7.46. The molecule has 2 saturated heterocycles. The molecule has 3 aliphatic rings.